The third kappa shape index (κ3) is 7.97. The van der Waals surface area contributed by atoms with Crippen molar-refractivity contribution < 1.29 is 89.1 Å². The molecule has 2 amide bonds. The molecule has 44 heavy (non-hydrogen) atoms. The molecule has 3 saturated heterocycles. The minimum atomic E-state index is -2.73. The van der Waals surface area contributed by atoms with Crippen LogP contribution in [0, 0.1) is 0 Å². The lowest BCUT2D eigenvalue weighted by Crippen LogP contribution is -2.67. The van der Waals surface area contributed by atoms with Gasteiger partial charge in [-0.15, -0.1) is 0 Å². The molecule has 254 valence electrons. The predicted octanol–water partition coefficient (Wildman–Crippen LogP) is -7.44. The first-order chi connectivity index (χ1) is 20.5. The van der Waals surface area contributed by atoms with E-state index in [0.29, 0.717) is 0 Å². The van der Waals surface area contributed by atoms with E-state index in [1.807, 2.05) is 0 Å². The molecule has 0 aliphatic carbocycles. The van der Waals surface area contributed by atoms with Crippen LogP contribution in [0.1, 0.15) is 20.3 Å². The van der Waals surface area contributed by atoms with Gasteiger partial charge in [-0.3, -0.25) is 9.59 Å². The number of rotatable bonds is 11. The van der Waals surface area contributed by atoms with E-state index in [1.54, 1.807) is 0 Å². The molecule has 20 heteroatoms. The van der Waals surface area contributed by atoms with Gasteiger partial charge in [0.1, 0.15) is 67.0 Å². The molecule has 15 atom stereocenters. The smallest absolute Gasteiger partial charge is 0.364 e. The fraction of sp³-hybridized carbons (Fsp3) is 0.875. The summed E-state index contributed by atoms with van der Waals surface area (Å²) in [5, 5.41) is 107. The van der Waals surface area contributed by atoms with Gasteiger partial charge in [0.15, 0.2) is 12.6 Å². The van der Waals surface area contributed by atoms with Crippen LogP contribution in [0.5, 0.6) is 0 Å². The maximum atomic E-state index is 12.2. The van der Waals surface area contributed by atoms with E-state index in [2.05, 4.69) is 10.6 Å². The highest BCUT2D eigenvalue weighted by Crippen LogP contribution is 2.34. The summed E-state index contributed by atoms with van der Waals surface area (Å²) in [6, 6.07) is -2.83. The van der Waals surface area contributed by atoms with Crippen molar-refractivity contribution >= 4 is 17.8 Å². The minimum absolute atomic E-state index is 0.623. The SMILES string of the molecule is CC(=O)N[C@@H]1[C@@H](O)[C@H](O)[C@@H](CO[C@@H]2O[C@H](CO[C@]3(C(=O)O)C[C@@H](O)[C@@H](O)[C@@H]([C@H](O)CO)O3)[C@@H](O)[C@H](O)[C@H]2NC(C)=O)O[C@@H]1O. The van der Waals surface area contributed by atoms with Gasteiger partial charge in [-0.05, 0) is 0 Å². The Bertz CT molecular complexity index is 1010. The number of carbonyl (C=O) groups is 3. The number of amides is 2. The van der Waals surface area contributed by atoms with Crippen LogP contribution >= 0.6 is 0 Å². The van der Waals surface area contributed by atoms with Crippen LogP contribution in [0.4, 0.5) is 0 Å². The molecule has 3 aliphatic rings. The van der Waals surface area contributed by atoms with Crippen LogP contribution in [0.25, 0.3) is 0 Å². The maximum Gasteiger partial charge on any atom is 0.364 e. The predicted molar refractivity (Wildman–Crippen MR) is 136 cm³/mol. The van der Waals surface area contributed by atoms with E-state index in [0.717, 1.165) is 13.8 Å². The quantitative estimate of drug-likeness (QED) is 0.0993. The summed E-state index contributed by atoms with van der Waals surface area (Å²) in [4.78, 5) is 35.3. The molecular weight excluding hydrogens is 604 g/mol. The lowest BCUT2D eigenvalue weighted by molar-refractivity contribution is -0.341. The lowest BCUT2D eigenvalue weighted by Gasteiger charge is -2.46. The van der Waals surface area contributed by atoms with E-state index < -0.39 is 136 Å². The zero-order valence-corrected chi connectivity index (χ0v) is 23.6. The van der Waals surface area contributed by atoms with Crippen molar-refractivity contribution in [1.82, 2.24) is 10.6 Å². The van der Waals surface area contributed by atoms with Gasteiger partial charge in [-0.1, -0.05) is 0 Å². The minimum Gasteiger partial charge on any atom is -0.477 e. The summed E-state index contributed by atoms with van der Waals surface area (Å²) < 4.78 is 27.2. The number of carboxylic acids is 1. The van der Waals surface area contributed by atoms with Gasteiger partial charge in [0.2, 0.25) is 11.8 Å². The van der Waals surface area contributed by atoms with Gasteiger partial charge in [-0.2, -0.15) is 0 Å². The van der Waals surface area contributed by atoms with Crippen molar-refractivity contribution in [3.8, 4) is 0 Å². The number of aliphatic carboxylic acids is 1. The summed E-state index contributed by atoms with van der Waals surface area (Å²) >= 11 is 0. The molecule has 0 aromatic carbocycles. The Hall–Kier alpha value is -2.15. The molecule has 0 aromatic heterocycles. The Labute approximate surface area is 249 Å². The molecule has 3 heterocycles. The largest absolute Gasteiger partial charge is 0.477 e. The first-order valence-electron chi connectivity index (χ1n) is 13.6. The molecular formula is C24H40N2O18. The van der Waals surface area contributed by atoms with Gasteiger partial charge in [0.25, 0.3) is 5.79 Å². The van der Waals surface area contributed by atoms with Gasteiger partial charge < -0.3 is 85.4 Å². The summed E-state index contributed by atoms with van der Waals surface area (Å²) in [5.41, 5.74) is 0. The van der Waals surface area contributed by atoms with Crippen molar-refractivity contribution in [2.75, 3.05) is 19.8 Å². The second-order valence-electron chi connectivity index (χ2n) is 10.8. The zero-order chi connectivity index (χ0) is 33.1. The van der Waals surface area contributed by atoms with Crippen LogP contribution in [-0.2, 0) is 38.1 Å². The number of hydrogen-bond acceptors (Lipinski definition) is 17. The van der Waals surface area contributed by atoms with Crippen LogP contribution < -0.4 is 10.6 Å². The molecule has 12 N–H and O–H groups in total. The number of aliphatic hydroxyl groups excluding tert-OH is 9. The molecule has 0 saturated carbocycles. The van der Waals surface area contributed by atoms with Crippen LogP contribution in [-0.4, -0.2) is 180 Å². The third-order valence-electron chi connectivity index (χ3n) is 7.49. The summed E-state index contributed by atoms with van der Waals surface area (Å²) in [6.45, 7) is -0.287. The second kappa shape index (κ2) is 15.0. The fourth-order valence-corrected chi connectivity index (χ4v) is 5.14. The van der Waals surface area contributed by atoms with E-state index in [-0.39, 0.29) is 0 Å². The number of nitrogens with one attached hydrogen (secondary N) is 2. The van der Waals surface area contributed by atoms with Crippen LogP contribution in [0.2, 0.25) is 0 Å². The van der Waals surface area contributed by atoms with Crippen molar-refractivity contribution in [3.05, 3.63) is 0 Å². The average Bonchev–Trinajstić information content (AvgIpc) is 2.95. The number of hydrogen-bond donors (Lipinski definition) is 12. The summed E-state index contributed by atoms with van der Waals surface area (Å²) in [6.07, 6.45) is -21.6. The molecule has 0 spiro atoms. The molecule has 3 rings (SSSR count). The molecule has 0 radical (unpaired) electrons. The highest BCUT2D eigenvalue weighted by atomic mass is 16.7. The number of aliphatic hydroxyl groups is 9. The monoisotopic (exact) mass is 644 g/mol. The van der Waals surface area contributed by atoms with Crippen LogP contribution in [0.15, 0.2) is 0 Å². The Morgan fingerprint density at radius 1 is 0.841 bits per heavy atom. The zero-order valence-electron chi connectivity index (χ0n) is 23.6. The van der Waals surface area contributed by atoms with Crippen molar-refractivity contribution in [1.29, 1.82) is 0 Å². The number of carboxylic acid groups (broad SMARTS) is 1. The second-order valence-corrected chi connectivity index (χ2v) is 10.8. The molecule has 20 nitrogen and oxygen atoms in total. The Morgan fingerprint density at radius 2 is 1.39 bits per heavy atom. The molecule has 0 unspecified atom stereocenters. The van der Waals surface area contributed by atoms with Gasteiger partial charge in [0, 0.05) is 20.3 Å². The maximum absolute atomic E-state index is 12.2. The third-order valence-corrected chi connectivity index (χ3v) is 7.49. The van der Waals surface area contributed by atoms with Gasteiger partial charge in [0.05, 0.1) is 25.9 Å². The molecule has 3 aliphatic heterocycles. The molecule has 0 aromatic rings. The lowest BCUT2D eigenvalue weighted by atomic mass is 9.92. The van der Waals surface area contributed by atoms with E-state index in [9.17, 15) is 65.4 Å². The summed E-state index contributed by atoms with van der Waals surface area (Å²) in [5.74, 6) is -5.85. The van der Waals surface area contributed by atoms with E-state index >= 15 is 0 Å². The topological polar surface area (TPSA) is 324 Å². The van der Waals surface area contributed by atoms with Crippen molar-refractivity contribution in [2.45, 2.75) is 112 Å². The number of ether oxygens (including phenoxy) is 5. The molecule has 0 bridgehead atoms. The van der Waals surface area contributed by atoms with E-state index in [1.165, 1.54) is 0 Å². The first kappa shape index (κ1) is 36.3. The standard InChI is InChI=1S/C24H40N2O18/c1-7(28)25-13-18(35)16(33)11(42-21(13)37)5-40-22-14(26-8(2)29)19(36)17(34)12(43-22)6-41-24(23(38)39)3-9(30)15(32)20(44-24)10(31)4-27/h9-22,27,30-37H,3-6H2,1-2H3,(H,25,28)(H,26,29)(H,38,39)/t9-,10-,11-,12-,13-,14-,15-,16-,17-,18-,19-,20-,21+,22-,24-/m1/s1. The normalized spacial score (nSPS) is 43.6. The summed E-state index contributed by atoms with van der Waals surface area (Å²) in [7, 11) is 0. The average molecular weight is 645 g/mol. The fourth-order valence-electron chi connectivity index (χ4n) is 5.14. The van der Waals surface area contributed by atoms with Crippen molar-refractivity contribution in [3.63, 3.8) is 0 Å². The highest BCUT2D eigenvalue weighted by molar-refractivity contribution is 5.76. The number of carbonyl (C=O) groups excluding carboxylic acids is 2. The van der Waals surface area contributed by atoms with E-state index in [4.69, 9.17) is 23.7 Å². The molecule has 3 fully saturated rings. The van der Waals surface area contributed by atoms with Crippen molar-refractivity contribution in [2.24, 2.45) is 0 Å². The van der Waals surface area contributed by atoms with Gasteiger partial charge in [-0.25, -0.2) is 4.79 Å². The Kier molecular flexibility index (Phi) is 12.3. The first-order valence-corrected chi connectivity index (χ1v) is 13.6. The Morgan fingerprint density at radius 3 is 1.93 bits per heavy atom. The van der Waals surface area contributed by atoms with Gasteiger partial charge >= 0.3 is 5.97 Å². The Balaban J connectivity index is 1.76. The highest BCUT2D eigenvalue weighted by Gasteiger charge is 2.56. The van der Waals surface area contributed by atoms with Crippen LogP contribution in [0.3, 0.4) is 0 Å².